The average molecular weight is 169 g/mol. The summed E-state index contributed by atoms with van der Waals surface area (Å²) in [6.07, 6.45) is 0. The van der Waals surface area contributed by atoms with Gasteiger partial charge in [0.25, 0.3) is 0 Å². The summed E-state index contributed by atoms with van der Waals surface area (Å²) in [6, 6.07) is 5.26. The Labute approximate surface area is 73.1 Å². The predicted octanol–water partition coefficient (Wildman–Crippen LogP) is 1.92. The molecule has 1 aromatic carbocycles. The number of hydrogen-bond donors (Lipinski definition) is 1. The molecule has 0 saturated heterocycles. The number of rotatable bonds is 2. The van der Waals surface area contributed by atoms with E-state index in [4.69, 9.17) is 15.2 Å². The van der Waals surface area contributed by atoms with E-state index in [-0.39, 0.29) is 7.43 Å². The van der Waals surface area contributed by atoms with Gasteiger partial charge in [0, 0.05) is 11.8 Å². The minimum Gasteiger partial charge on any atom is -0.493 e. The molecule has 0 spiro atoms. The molecule has 0 atom stereocenters. The highest BCUT2D eigenvalue weighted by molar-refractivity contribution is 5.51. The van der Waals surface area contributed by atoms with Crippen LogP contribution in [0.25, 0.3) is 0 Å². The summed E-state index contributed by atoms with van der Waals surface area (Å²) in [4.78, 5) is 0. The number of ether oxygens (including phenoxy) is 2. The summed E-state index contributed by atoms with van der Waals surface area (Å²) in [5.74, 6) is 1.36. The zero-order chi connectivity index (χ0) is 8.27. The third-order valence-electron chi connectivity index (χ3n) is 1.41. The Morgan fingerprint density at radius 3 is 2.17 bits per heavy atom. The maximum atomic E-state index is 5.52. The van der Waals surface area contributed by atoms with Crippen molar-refractivity contribution in [1.82, 2.24) is 0 Å². The van der Waals surface area contributed by atoms with Gasteiger partial charge in [0.15, 0.2) is 11.5 Å². The van der Waals surface area contributed by atoms with Crippen molar-refractivity contribution >= 4 is 5.69 Å². The van der Waals surface area contributed by atoms with E-state index in [9.17, 15) is 0 Å². The Morgan fingerprint density at radius 2 is 1.67 bits per heavy atom. The second-order valence-electron chi connectivity index (χ2n) is 2.11. The number of nitrogen functional groups attached to an aromatic ring is 1. The van der Waals surface area contributed by atoms with Gasteiger partial charge < -0.3 is 15.2 Å². The first-order chi connectivity index (χ1) is 5.27. The smallest absolute Gasteiger partial charge is 0.162 e. The van der Waals surface area contributed by atoms with Gasteiger partial charge in [0.2, 0.25) is 0 Å². The standard InChI is InChI=1S/C8H11NO2.CH4/c1-10-7-4-3-6(9)5-8(7)11-2;/h3-5H,9H2,1-2H3;1H4. The van der Waals surface area contributed by atoms with E-state index in [0.29, 0.717) is 17.2 Å². The summed E-state index contributed by atoms with van der Waals surface area (Å²) >= 11 is 0. The van der Waals surface area contributed by atoms with Gasteiger partial charge in [-0.3, -0.25) is 0 Å². The predicted molar refractivity (Wildman–Crippen MR) is 50.7 cm³/mol. The van der Waals surface area contributed by atoms with Gasteiger partial charge in [0.1, 0.15) is 0 Å². The van der Waals surface area contributed by atoms with Crippen LogP contribution in [0, 0.1) is 0 Å². The maximum absolute atomic E-state index is 5.52. The van der Waals surface area contributed by atoms with Crippen molar-refractivity contribution in [2.24, 2.45) is 0 Å². The van der Waals surface area contributed by atoms with Crippen LogP contribution in [0.2, 0.25) is 0 Å². The van der Waals surface area contributed by atoms with Crippen molar-refractivity contribution in [1.29, 1.82) is 0 Å². The van der Waals surface area contributed by atoms with Gasteiger partial charge in [0.05, 0.1) is 14.2 Å². The van der Waals surface area contributed by atoms with E-state index in [0.717, 1.165) is 0 Å². The Morgan fingerprint density at radius 1 is 1.08 bits per heavy atom. The fourth-order valence-electron chi connectivity index (χ4n) is 0.853. The summed E-state index contributed by atoms with van der Waals surface area (Å²) in [5.41, 5.74) is 6.19. The molecule has 0 amide bonds. The van der Waals surface area contributed by atoms with Gasteiger partial charge in [-0.15, -0.1) is 0 Å². The van der Waals surface area contributed by atoms with Crippen molar-refractivity contribution in [2.45, 2.75) is 7.43 Å². The van der Waals surface area contributed by atoms with Gasteiger partial charge in [-0.1, -0.05) is 7.43 Å². The van der Waals surface area contributed by atoms with Crippen molar-refractivity contribution in [3.63, 3.8) is 0 Å². The molecule has 0 aliphatic heterocycles. The largest absolute Gasteiger partial charge is 0.493 e. The third kappa shape index (κ3) is 2.05. The van der Waals surface area contributed by atoms with Crippen molar-refractivity contribution in [3.8, 4) is 11.5 Å². The first-order valence-corrected chi connectivity index (χ1v) is 3.25. The van der Waals surface area contributed by atoms with Crippen LogP contribution in [-0.4, -0.2) is 14.2 Å². The van der Waals surface area contributed by atoms with Crippen molar-refractivity contribution in [2.75, 3.05) is 20.0 Å². The number of nitrogens with two attached hydrogens (primary N) is 1. The molecular weight excluding hydrogens is 154 g/mol. The summed E-state index contributed by atoms with van der Waals surface area (Å²) in [5, 5.41) is 0. The molecule has 0 aliphatic rings. The molecule has 3 heteroatoms. The molecule has 0 aliphatic carbocycles. The molecule has 68 valence electrons. The molecular formula is C9H15NO2. The highest BCUT2D eigenvalue weighted by Gasteiger charge is 2.00. The third-order valence-corrected chi connectivity index (χ3v) is 1.41. The van der Waals surface area contributed by atoms with Crippen LogP contribution in [0.3, 0.4) is 0 Å². The lowest BCUT2D eigenvalue weighted by atomic mass is 10.3. The highest BCUT2D eigenvalue weighted by Crippen LogP contribution is 2.28. The number of benzene rings is 1. The first-order valence-electron chi connectivity index (χ1n) is 3.25. The van der Waals surface area contributed by atoms with E-state index in [1.807, 2.05) is 0 Å². The quantitative estimate of drug-likeness (QED) is 0.688. The molecule has 0 saturated carbocycles. The van der Waals surface area contributed by atoms with E-state index in [2.05, 4.69) is 0 Å². The zero-order valence-corrected chi connectivity index (χ0v) is 6.63. The van der Waals surface area contributed by atoms with Crippen LogP contribution in [0.5, 0.6) is 11.5 Å². The molecule has 0 heterocycles. The molecule has 0 unspecified atom stereocenters. The van der Waals surface area contributed by atoms with Crippen molar-refractivity contribution < 1.29 is 9.47 Å². The van der Waals surface area contributed by atoms with Crippen LogP contribution in [-0.2, 0) is 0 Å². The van der Waals surface area contributed by atoms with Crippen LogP contribution >= 0.6 is 0 Å². The molecule has 0 radical (unpaired) electrons. The molecule has 12 heavy (non-hydrogen) atoms. The Hall–Kier alpha value is -1.38. The minimum atomic E-state index is 0. The first kappa shape index (κ1) is 10.6. The van der Waals surface area contributed by atoms with Gasteiger partial charge in [-0.25, -0.2) is 0 Å². The van der Waals surface area contributed by atoms with Crippen LogP contribution < -0.4 is 15.2 Å². The lowest BCUT2D eigenvalue weighted by molar-refractivity contribution is 0.355. The fourth-order valence-corrected chi connectivity index (χ4v) is 0.853. The van der Waals surface area contributed by atoms with Crippen LogP contribution in [0.4, 0.5) is 5.69 Å². The SMILES string of the molecule is C.COc1ccc(N)cc1OC. The molecule has 2 N–H and O–H groups in total. The second kappa shape index (κ2) is 4.49. The molecule has 1 rings (SSSR count). The van der Waals surface area contributed by atoms with Gasteiger partial charge in [-0.2, -0.15) is 0 Å². The zero-order valence-electron chi connectivity index (χ0n) is 6.63. The maximum Gasteiger partial charge on any atom is 0.162 e. The molecule has 3 nitrogen and oxygen atoms in total. The monoisotopic (exact) mass is 169 g/mol. The topological polar surface area (TPSA) is 44.5 Å². The number of methoxy groups -OCH3 is 2. The van der Waals surface area contributed by atoms with Gasteiger partial charge in [-0.05, 0) is 12.1 Å². The average Bonchev–Trinajstić information content (AvgIpc) is 2.04. The van der Waals surface area contributed by atoms with E-state index < -0.39 is 0 Å². The molecule has 0 aromatic heterocycles. The Bertz CT molecular complexity index is 248. The van der Waals surface area contributed by atoms with E-state index in [1.165, 1.54) is 0 Å². The highest BCUT2D eigenvalue weighted by atomic mass is 16.5. The van der Waals surface area contributed by atoms with Crippen LogP contribution in [0.1, 0.15) is 7.43 Å². The summed E-state index contributed by atoms with van der Waals surface area (Å²) < 4.78 is 10.0. The molecule has 0 bridgehead atoms. The number of anilines is 1. The van der Waals surface area contributed by atoms with E-state index >= 15 is 0 Å². The lowest BCUT2D eigenvalue weighted by Crippen LogP contribution is -1.92. The summed E-state index contributed by atoms with van der Waals surface area (Å²) in [6.45, 7) is 0. The van der Waals surface area contributed by atoms with Crippen molar-refractivity contribution in [3.05, 3.63) is 18.2 Å². The summed E-state index contributed by atoms with van der Waals surface area (Å²) in [7, 11) is 3.17. The number of hydrogen-bond acceptors (Lipinski definition) is 3. The van der Waals surface area contributed by atoms with Gasteiger partial charge >= 0.3 is 0 Å². The second-order valence-corrected chi connectivity index (χ2v) is 2.11. The normalized spacial score (nSPS) is 8.50. The minimum absolute atomic E-state index is 0. The fraction of sp³-hybridized carbons (Fsp3) is 0.333. The molecule has 1 aromatic rings. The Kier molecular flexibility index (Phi) is 3.97. The van der Waals surface area contributed by atoms with Crippen LogP contribution in [0.15, 0.2) is 18.2 Å². The Balaban J connectivity index is 0.00000121. The lowest BCUT2D eigenvalue weighted by Gasteiger charge is -2.06. The van der Waals surface area contributed by atoms with E-state index in [1.54, 1.807) is 32.4 Å². The molecule has 0 fully saturated rings.